The Morgan fingerprint density at radius 2 is 1.88 bits per heavy atom. The lowest BCUT2D eigenvalue weighted by molar-refractivity contribution is -0.141. The number of benzene rings is 2. The number of piperazine rings is 1. The van der Waals surface area contributed by atoms with Crippen molar-refractivity contribution in [2.45, 2.75) is 57.2 Å². The summed E-state index contributed by atoms with van der Waals surface area (Å²) < 4.78 is 43.3. The van der Waals surface area contributed by atoms with E-state index in [-0.39, 0.29) is 31.4 Å². The third kappa shape index (κ3) is 8.84. The van der Waals surface area contributed by atoms with Crippen LogP contribution in [-0.2, 0) is 37.3 Å². The van der Waals surface area contributed by atoms with E-state index >= 15 is 0 Å². The monoisotopic (exact) mass is 739 g/mol. The second-order valence-corrected chi connectivity index (χ2v) is 15.7. The van der Waals surface area contributed by atoms with Crippen LogP contribution in [0.2, 0.25) is 5.02 Å². The predicted octanol–water partition coefficient (Wildman–Crippen LogP) is 4.02. The Morgan fingerprint density at radius 1 is 1.06 bits per heavy atom. The first-order valence-electron chi connectivity index (χ1n) is 17.6. The van der Waals surface area contributed by atoms with E-state index in [1.54, 1.807) is 0 Å². The van der Waals surface area contributed by atoms with Gasteiger partial charge >= 0.3 is 12.0 Å². The van der Waals surface area contributed by atoms with Gasteiger partial charge in [-0.05, 0) is 49.7 Å². The Labute approximate surface area is 305 Å². The molecule has 0 aliphatic carbocycles. The zero-order valence-corrected chi connectivity index (χ0v) is 30.9. The van der Waals surface area contributed by atoms with Crippen molar-refractivity contribution in [2.24, 2.45) is 0 Å². The van der Waals surface area contributed by atoms with Gasteiger partial charge in [0.25, 0.3) is 0 Å². The molecule has 274 valence electrons. The van der Waals surface area contributed by atoms with Gasteiger partial charge in [-0.25, -0.2) is 8.42 Å². The highest BCUT2D eigenvalue weighted by molar-refractivity contribution is 7.88. The minimum Gasteiger partial charge on any atom is -0.469 e. The van der Waals surface area contributed by atoms with Crippen LogP contribution in [0, 0.1) is 11.3 Å². The number of carbonyl (C=O) groups is 1. The number of aromatic nitrogens is 2. The van der Waals surface area contributed by atoms with Crippen LogP contribution in [0.3, 0.4) is 0 Å². The summed E-state index contributed by atoms with van der Waals surface area (Å²) >= 11 is 6.73. The number of nitrogens with zero attached hydrogens (tertiary/aromatic N) is 7. The third-order valence-corrected chi connectivity index (χ3v) is 11.6. The lowest BCUT2D eigenvalue weighted by Gasteiger charge is -2.41. The Kier molecular flexibility index (Phi) is 12.1. The fraction of sp³-hybridized carbons (Fsp3) is 0.556. The molecule has 0 spiro atoms. The number of anilines is 2. The second kappa shape index (κ2) is 16.7. The summed E-state index contributed by atoms with van der Waals surface area (Å²) in [4.78, 5) is 28.1. The third-order valence-electron chi connectivity index (χ3n) is 9.99. The predicted molar refractivity (Wildman–Crippen MR) is 196 cm³/mol. The Morgan fingerprint density at radius 3 is 2.67 bits per heavy atom. The zero-order chi connectivity index (χ0) is 36.0. The van der Waals surface area contributed by atoms with Gasteiger partial charge in [-0.15, -0.1) is 0 Å². The molecule has 2 atom stereocenters. The Bertz CT molecular complexity index is 1850. The molecule has 0 bridgehead atoms. The van der Waals surface area contributed by atoms with Crippen molar-refractivity contribution in [3.63, 3.8) is 0 Å². The summed E-state index contributed by atoms with van der Waals surface area (Å²) in [6.07, 6.45) is 5.13. The minimum atomic E-state index is -3.48. The van der Waals surface area contributed by atoms with E-state index in [9.17, 15) is 18.5 Å². The maximum atomic E-state index is 12.6. The van der Waals surface area contributed by atoms with Crippen LogP contribution in [0.1, 0.15) is 43.4 Å². The number of sulfonamides is 1. The SMILES string of the molecule is COC(=O)CCOCCCN1CCC[C@H]1COc1nc2c(c(N3CCN(S(C)(=O)=O)[C@@H](CC#N)C3)n1)CCN(c1cccc3cccc(Cl)c13)C2. The molecule has 0 saturated carbocycles. The zero-order valence-electron chi connectivity index (χ0n) is 29.3. The normalized spacial score (nSPS) is 20.0. The van der Waals surface area contributed by atoms with E-state index in [1.807, 2.05) is 18.2 Å². The highest BCUT2D eigenvalue weighted by atomic mass is 35.5. The van der Waals surface area contributed by atoms with Crippen molar-refractivity contribution >= 4 is 49.9 Å². The van der Waals surface area contributed by atoms with Crippen LogP contribution in [0.15, 0.2) is 36.4 Å². The number of hydrogen-bond acceptors (Lipinski definition) is 12. The quantitative estimate of drug-likeness (QED) is 0.174. The van der Waals surface area contributed by atoms with Crippen molar-refractivity contribution in [1.82, 2.24) is 19.2 Å². The highest BCUT2D eigenvalue weighted by Crippen LogP contribution is 2.37. The number of rotatable bonds is 14. The number of carbonyl (C=O) groups excluding carboxylic acids is 1. The van der Waals surface area contributed by atoms with Crippen molar-refractivity contribution in [1.29, 1.82) is 5.26 Å². The van der Waals surface area contributed by atoms with E-state index in [0.29, 0.717) is 56.9 Å². The van der Waals surface area contributed by atoms with Gasteiger partial charge in [0.05, 0.1) is 62.2 Å². The van der Waals surface area contributed by atoms with Crippen molar-refractivity contribution < 1.29 is 27.4 Å². The summed E-state index contributed by atoms with van der Waals surface area (Å²) in [5.41, 5.74) is 2.92. The molecule has 0 radical (unpaired) electrons. The van der Waals surface area contributed by atoms with Crippen molar-refractivity contribution in [3.8, 4) is 12.1 Å². The first kappa shape index (κ1) is 37.0. The Hall–Kier alpha value is -3.74. The molecule has 51 heavy (non-hydrogen) atoms. The molecular formula is C36H46ClN7O6S. The molecule has 2 saturated heterocycles. The molecule has 2 fully saturated rings. The number of methoxy groups -OCH3 is 1. The number of fused-ring (bicyclic) bond motifs is 2. The van der Waals surface area contributed by atoms with Gasteiger partial charge in [0, 0.05) is 62.0 Å². The first-order valence-corrected chi connectivity index (χ1v) is 19.8. The van der Waals surface area contributed by atoms with Gasteiger partial charge in [0.15, 0.2) is 0 Å². The highest BCUT2D eigenvalue weighted by Gasteiger charge is 2.36. The molecule has 13 nitrogen and oxygen atoms in total. The number of likely N-dealkylation sites (tertiary alicyclic amines) is 1. The topological polar surface area (TPSA) is 141 Å². The van der Waals surface area contributed by atoms with Crippen LogP contribution in [0.5, 0.6) is 6.01 Å². The molecule has 3 aliphatic rings. The van der Waals surface area contributed by atoms with Crippen molar-refractivity contribution in [3.05, 3.63) is 52.7 Å². The second-order valence-electron chi connectivity index (χ2n) is 13.3. The van der Waals surface area contributed by atoms with Gasteiger partial charge < -0.3 is 24.0 Å². The molecule has 1 aromatic heterocycles. The van der Waals surface area contributed by atoms with Gasteiger partial charge in [-0.2, -0.15) is 19.5 Å². The first-order chi connectivity index (χ1) is 24.7. The van der Waals surface area contributed by atoms with E-state index in [0.717, 1.165) is 72.4 Å². The van der Waals surface area contributed by atoms with Crippen LogP contribution in [0.25, 0.3) is 10.8 Å². The van der Waals surface area contributed by atoms with E-state index in [1.165, 1.54) is 17.7 Å². The van der Waals surface area contributed by atoms with E-state index in [4.69, 9.17) is 31.0 Å². The molecular weight excluding hydrogens is 694 g/mol. The minimum absolute atomic E-state index is 0.0870. The fourth-order valence-electron chi connectivity index (χ4n) is 7.48. The van der Waals surface area contributed by atoms with Crippen molar-refractivity contribution in [2.75, 3.05) is 82.3 Å². The maximum absolute atomic E-state index is 12.6. The molecule has 6 rings (SSSR count). The van der Waals surface area contributed by atoms with Gasteiger partial charge in [-0.1, -0.05) is 35.9 Å². The van der Waals surface area contributed by atoms with Crippen LogP contribution in [-0.4, -0.2) is 118 Å². The molecule has 0 N–H and O–H groups in total. The number of nitriles is 1. The van der Waals surface area contributed by atoms with E-state index < -0.39 is 16.1 Å². The largest absolute Gasteiger partial charge is 0.469 e. The average Bonchev–Trinajstić information content (AvgIpc) is 3.58. The average molecular weight is 740 g/mol. The maximum Gasteiger partial charge on any atom is 0.318 e. The van der Waals surface area contributed by atoms with Gasteiger partial charge in [0.1, 0.15) is 12.4 Å². The van der Waals surface area contributed by atoms with Gasteiger partial charge in [-0.3, -0.25) is 9.69 Å². The summed E-state index contributed by atoms with van der Waals surface area (Å²) in [6.45, 7) is 5.50. The molecule has 2 aromatic carbocycles. The lowest BCUT2D eigenvalue weighted by Crippen LogP contribution is -2.55. The smallest absolute Gasteiger partial charge is 0.318 e. The molecule has 4 heterocycles. The summed E-state index contributed by atoms with van der Waals surface area (Å²) in [6, 6.07) is 14.3. The lowest BCUT2D eigenvalue weighted by atomic mass is 10.0. The molecule has 15 heteroatoms. The standard InChI is InChI=1S/C36H46ClN7O6S/c1-48-33(45)14-22-49-21-6-17-41-16-5-9-28(41)25-50-36-39-31-24-42(32-11-4-8-26-7-3-10-30(37)34(26)32)18-13-29(31)35(40-36)43-19-20-44(51(2,46)47)27(23-43)12-15-38/h3-4,7-8,10-11,27-28H,5-6,9,12-14,16-25H2,1-2H3/t27-,28-/m0/s1. The van der Waals surface area contributed by atoms with E-state index in [2.05, 4.69) is 43.7 Å². The number of halogens is 1. The molecule has 0 amide bonds. The van der Waals surface area contributed by atoms with Gasteiger partial charge in [0.2, 0.25) is 10.0 Å². The van der Waals surface area contributed by atoms with Crippen LogP contribution in [0.4, 0.5) is 11.5 Å². The van der Waals surface area contributed by atoms with Crippen LogP contribution < -0.4 is 14.5 Å². The Balaban J connectivity index is 1.22. The van der Waals surface area contributed by atoms with Crippen LogP contribution >= 0.6 is 11.6 Å². The molecule has 3 aromatic rings. The number of esters is 1. The molecule has 3 aliphatic heterocycles. The number of ether oxygens (including phenoxy) is 3. The number of hydrogen-bond donors (Lipinski definition) is 0. The fourth-order valence-corrected chi connectivity index (χ4v) is 8.85. The summed E-state index contributed by atoms with van der Waals surface area (Å²) in [5, 5.41) is 12.3. The molecule has 0 unspecified atom stereocenters. The summed E-state index contributed by atoms with van der Waals surface area (Å²) in [7, 11) is -2.10. The summed E-state index contributed by atoms with van der Waals surface area (Å²) in [5.74, 6) is 0.470.